The van der Waals surface area contributed by atoms with Gasteiger partial charge in [0.05, 0.1) is 12.8 Å². The lowest BCUT2D eigenvalue weighted by Crippen LogP contribution is -2.32. The first-order chi connectivity index (χ1) is 18.6. The molecule has 39 heavy (non-hydrogen) atoms. The van der Waals surface area contributed by atoms with E-state index in [0.717, 1.165) is 17.2 Å². The number of rotatable bonds is 11. The van der Waals surface area contributed by atoms with Gasteiger partial charge in [0.1, 0.15) is 46.6 Å². The summed E-state index contributed by atoms with van der Waals surface area (Å²) < 4.78 is 40.2. The first-order valence-corrected chi connectivity index (χ1v) is 12.1. The Morgan fingerprint density at radius 3 is 2.33 bits per heavy atom. The van der Waals surface area contributed by atoms with Crippen molar-refractivity contribution >= 4 is 17.9 Å². The number of nitrogens with zero attached hydrogens (tertiary/aromatic N) is 1. The molecule has 3 rings (SSSR count). The number of allylic oxidation sites excluding steroid dienone is 1. The van der Waals surface area contributed by atoms with Crippen molar-refractivity contribution in [2.24, 2.45) is 0 Å². The number of aryl methyl sites for hydroxylation is 1. The molecule has 3 aromatic rings. The van der Waals surface area contributed by atoms with Crippen molar-refractivity contribution in [3.63, 3.8) is 0 Å². The van der Waals surface area contributed by atoms with Crippen molar-refractivity contribution in [2.75, 3.05) is 26.5 Å². The van der Waals surface area contributed by atoms with Crippen LogP contribution in [-0.2, 0) is 16.1 Å². The lowest BCUT2D eigenvalue weighted by Gasteiger charge is -2.25. The smallest absolute Gasteiger partial charge is 0.259 e. The fourth-order valence-electron chi connectivity index (χ4n) is 3.64. The number of ether oxygens (including phenoxy) is 2. The predicted octanol–water partition coefficient (Wildman–Crippen LogP) is 5.25. The summed E-state index contributed by atoms with van der Waals surface area (Å²) in [5, 5.41) is 5.78. The predicted molar refractivity (Wildman–Crippen MR) is 146 cm³/mol. The molecule has 0 saturated heterocycles. The molecular formula is C30H31F2N3O4. The van der Waals surface area contributed by atoms with Crippen LogP contribution in [0.1, 0.15) is 16.7 Å². The molecule has 0 heterocycles. The van der Waals surface area contributed by atoms with Gasteiger partial charge in [-0.05, 0) is 61.4 Å². The molecule has 3 aromatic carbocycles. The van der Waals surface area contributed by atoms with E-state index in [1.807, 2.05) is 0 Å². The number of carbonyl (C=O) groups excluding carboxylic acids is 2. The van der Waals surface area contributed by atoms with Crippen molar-refractivity contribution in [3.05, 3.63) is 112 Å². The zero-order valence-corrected chi connectivity index (χ0v) is 22.5. The molecule has 1 amide bonds. The highest BCUT2D eigenvalue weighted by Gasteiger charge is 2.25. The maximum Gasteiger partial charge on any atom is 0.259 e. The van der Waals surface area contributed by atoms with Gasteiger partial charge in [0, 0.05) is 32.3 Å². The second-order valence-electron chi connectivity index (χ2n) is 8.89. The number of carbonyl (C=O) groups is 2. The molecule has 0 atom stereocenters. The lowest BCUT2D eigenvalue weighted by molar-refractivity contribution is -0.117. The van der Waals surface area contributed by atoms with E-state index in [-0.39, 0.29) is 40.7 Å². The van der Waals surface area contributed by atoms with E-state index >= 15 is 0 Å². The van der Waals surface area contributed by atoms with Gasteiger partial charge in [-0.25, -0.2) is 8.78 Å². The summed E-state index contributed by atoms with van der Waals surface area (Å²) in [7, 11) is 4.86. The second-order valence-corrected chi connectivity index (χ2v) is 8.89. The number of hydrogen-bond donors (Lipinski definition) is 2. The minimum atomic E-state index is -0.614. The highest BCUT2D eigenvalue weighted by atomic mass is 19.1. The number of halogens is 2. The SMILES string of the molecule is COc1ccc(CNC(=O)C(/C(=C\C=O)Oc2cccc(F)c2C)=C(\Nc2ccc(C)cc2F)N(C)C)cc1. The van der Waals surface area contributed by atoms with Crippen LogP contribution in [0, 0.1) is 25.5 Å². The average molecular weight is 536 g/mol. The molecule has 0 aliphatic rings. The van der Waals surface area contributed by atoms with E-state index in [0.29, 0.717) is 12.0 Å². The zero-order chi connectivity index (χ0) is 28.5. The van der Waals surface area contributed by atoms with Crippen LogP contribution in [0.25, 0.3) is 0 Å². The standard InChI is InChI=1S/C30H31F2N3O4/c1-19-9-14-25(24(32)17-19)34-29(35(3)4)28(30(37)33-18-21-10-12-22(38-5)13-11-21)27(15-16-36)39-26-8-6-7-23(31)20(26)2/h6-17,34H,18H2,1-5H3,(H,33,37)/b27-15+,29-28+. The number of amides is 1. The van der Waals surface area contributed by atoms with Gasteiger partial charge in [-0.2, -0.15) is 0 Å². The first-order valence-electron chi connectivity index (χ1n) is 12.1. The third-order valence-electron chi connectivity index (χ3n) is 5.80. The quantitative estimate of drug-likeness (QED) is 0.151. The summed E-state index contributed by atoms with van der Waals surface area (Å²) in [6.07, 6.45) is 1.52. The maximum absolute atomic E-state index is 14.8. The van der Waals surface area contributed by atoms with E-state index in [1.54, 1.807) is 69.4 Å². The highest BCUT2D eigenvalue weighted by molar-refractivity contribution is 5.99. The van der Waals surface area contributed by atoms with Crippen molar-refractivity contribution in [3.8, 4) is 11.5 Å². The molecular weight excluding hydrogens is 504 g/mol. The first kappa shape index (κ1) is 28.9. The molecule has 0 unspecified atom stereocenters. The molecule has 2 N–H and O–H groups in total. The van der Waals surface area contributed by atoms with Crippen LogP contribution in [-0.4, -0.2) is 38.3 Å². The minimum Gasteiger partial charge on any atom is -0.497 e. The Kier molecular flexibility index (Phi) is 9.80. The summed E-state index contributed by atoms with van der Waals surface area (Å²) in [6.45, 7) is 3.41. The number of benzene rings is 3. The van der Waals surface area contributed by atoms with Crippen molar-refractivity contribution in [1.29, 1.82) is 0 Å². The minimum absolute atomic E-state index is 0.0933. The van der Waals surface area contributed by atoms with Crippen LogP contribution in [0.4, 0.5) is 14.5 Å². The van der Waals surface area contributed by atoms with Crippen LogP contribution < -0.4 is 20.1 Å². The van der Waals surface area contributed by atoms with Gasteiger partial charge in [0.2, 0.25) is 0 Å². The summed E-state index contributed by atoms with van der Waals surface area (Å²) in [4.78, 5) is 26.9. The Labute approximate surface area is 226 Å². The molecule has 0 fully saturated rings. The number of anilines is 1. The Morgan fingerprint density at radius 1 is 1.00 bits per heavy atom. The number of nitrogens with one attached hydrogen (secondary N) is 2. The third-order valence-corrected chi connectivity index (χ3v) is 5.80. The Morgan fingerprint density at radius 2 is 1.72 bits per heavy atom. The molecule has 0 aromatic heterocycles. The molecule has 7 nitrogen and oxygen atoms in total. The van der Waals surface area contributed by atoms with Crippen molar-refractivity contribution < 1.29 is 27.8 Å². The lowest BCUT2D eigenvalue weighted by atomic mass is 10.1. The van der Waals surface area contributed by atoms with Gasteiger partial charge >= 0.3 is 0 Å². The van der Waals surface area contributed by atoms with Crippen molar-refractivity contribution in [2.45, 2.75) is 20.4 Å². The highest BCUT2D eigenvalue weighted by Crippen LogP contribution is 2.28. The average Bonchev–Trinajstić information content (AvgIpc) is 2.91. The fraction of sp³-hybridized carbons (Fsp3) is 0.200. The Bertz CT molecular complexity index is 1400. The summed E-state index contributed by atoms with van der Waals surface area (Å²) >= 11 is 0. The van der Waals surface area contributed by atoms with E-state index < -0.39 is 17.5 Å². The monoisotopic (exact) mass is 535 g/mol. The molecule has 0 aliphatic carbocycles. The topological polar surface area (TPSA) is 79.9 Å². The van der Waals surface area contributed by atoms with Crippen molar-refractivity contribution in [1.82, 2.24) is 10.2 Å². The fourth-order valence-corrected chi connectivity index (χ4v) is 3.64. The van der Waals surface area contributed by atoms with Gasteiger partial charge in [-0.3, -0.25) is 9.59 Å². The number of hydrogen-bond acceptors (Lipinski definition) is 6. The van der Waals surface area contributed by atoms with Crippen LogP contribution in [0.5, 0.6) is 11.5 Å². The van der Waals surface area contributed by atoms with Gasteiger partial charge in [0.25, 0.3) is 5.91 Å². The molecule has 0 bridgehead atoms. The third kappa shape index (κ3) is 7.44. The van der Waals surface area contributed by atoms with Gasteiger partial charge < -0.3 is 25.0 Å². The second kappa shape index (κ2) is 13.2. The largest absolute Gasteiger partial charge is 0.497 e. The van der Waals surface area contributed by atoms with Crippen LogP contribution in [0.2, 0.25) is 0 Å². The van der Waals surface area contributed by atoms with Gasteiger partial charge in [-0.15, -0.1) is 0 Å². The Hall–Kier alpha value is -4.66. The Balaban J connectivity index is 2.10. The normalized spacial score (nSPS) is 11.8. The van der Waals surface area contributed by atoms with E-state index in [4.69, 9.17) is 9.47 Å². The number of aldehydes is 1. The van der Waals surface area contributed by atoms with Crippen LogP contribution >= 0.6 is 0 Å². The zero-order valence-electron chi connectivity index (χ0n) is 22.5. The van der Waals surface area contributed by atoms with Gasteiger partial charge in [0.15, 0.2) is 0 Å². The molecule has 0 aliphatic heterocycles. The van der Waals surface area contributed by atoms with Crippen LogP contribution in [0.15, 0.2) is 83.9 Å². The van der Waals surface area contributed by atoms with E-state index in [2.05, 4.69) is 10.6 Å². The summed E-state index contributed by atoms with van der Waals surface area (Å²) in [5.74, 6) is -0.892. The summed E-state index contributed by atoms with van der Waals surface area (Å²) in [6, 6.07) is 16.0. The van der Waals surface area contributed by atoms with E-state index in [9.17, 15) is 18.4 Å². The molecule has 0 spiro atoms. The van der Waals surface area contributed by atoms with Crippen LogP contribution in [0.3, 0.4) is 0 Å². The summed E-state index contributed by atoms with van der Waals surface area (Å²) in [5.41, 5.74) is 1.71. The molecule has 0 radical (unpaired) electrons. The van der Waals surface area contributed by atoms with Gasteiger partial charge in [-0.1, -0.05) is 24.3 Å². The maximum atomic E-state index is 14.8. The number of methoxy groups -OCH3 is 1. The molecule has 9 heteroatoms. The van der Waals surface area contributed by atoms with E-state index in [1.165, 1.54) is 31.2 Å². The molecule has 204 valence electrons. The molecule has 0 saturated carbocycles.